The number of ether oxygens (including phenoxy) is 1. The lowest BCUT2D eigenvalue weighted by atomic mass is 10.1. The third-order valence-corrected chi connectivity index (χ3v) is 5.73. The van der Waals surface area contributed by atoms with Crippen molar-refractivity contribution in [1.29, 1.82) is 0 Å². The number of halogens is 1. The highest BCUT2D eigenvalue weighted by molar-refractivity contribution is 6.53. The maximum Gasteiger partial charge on any atom is 0.283 e. The molecule has 1 heterocycles. The number of methoxy groups -OCH3 is 1. The van der Waals surface area contributed by atoms with Crippen LogP contribution in [0.25, 0.3) is 0 Å². The molecule has 7 nitrogen and oxygen atoms in total. The highest BCUT2D eigenvalue weighted by Gasteiger charge is 2.39. The van der Waals surface area contributed by atoms with Gasteiger partial charge in [-0.15, -0.1) is 0 Å². The normalized spacial score (nSPS) is 13.4. The molecule has 1 aliphatic heterocycles. The van der Waals surface area contributed by atoms with E-state index < -0.39 is 11.8 Å². The zero-order valence-corrected chi connectivity index (χ0v) is 19.6. The summed E-state index contributed by atoms with van der Waals surface area (Å²) in [6.07, 6.45) is 0. The van der Waals surface area contributed by atoms with Crippen molar-refractivity contribution in [1.82, 2.24) is 0 Å². The number of aryl methyl sites for hydroxylation is 2. The van der Waals surface area contributed by atoms with E-state index in [1.165, 1.54) is 7.11 Å². The number of carbonyl (C=O) groups excluding carboxylic acids is 3. The van der Waals surface area contributed by atoms with Crippen molar-refractivity contribution < 1.29 is 19.1 Å². The lowest BCUT2D eigenvalue weighted by molar-refractivity contribution is -0.120. The predicted molar refractivity (Wildman–Crippen MR) is 132 cm³/mol. The molecule has 8 heteroatoms. The molecule has 0 fully saturated rings. The number of amides is 3. The van der Waals surface area contributed by atoms with Crippen LogP contribution in [0.1, 0.15) is 21.5 Å². The summed E-state index contributed by atoms with van der Waals surface area (Å²) >= 11 is 6.22. The van der Waals surface area contributed by atoms with Crippen LogP contribution in [0.15, 0.2) is 77.5 Å². The van der Waals surface area contributed by atoms with Crippen LogP contribution >= 0.6 is 11.6 Å². The van der Waals surface area contributed by atoms with E-state index in [4.69, 9.17) is 16.3 Å². The molecule has 0 bridgehead atoms. The van der Waals surface area contributed by atoms with Gasteiger partial charge in [0.05, 0.1) is 12.8 Å². The number of imide groups is 1. The molecular formula is C26H22ClN3O4. The summed E-state index contributed by atoms with van der Waals surface area (Å²) in [5, 5.41) is 5.56. The van der Waals surface area contributed by atoms with Gasteiger partial charge in [0.1, 0.15) is 16.5 Å². The number of nitrogens with zero attached hydrogens (tertiary/aromatic N) is 1. The quantitative estimate of drug-likeness (QED) is 0.490. The van der Waals surface area contributed by atoms with Crippen molar-refractivity contribution >= 4 is 46.4 Å². The SMILES string of the molecule is COc1ccc(N2C(=O)C(Cl)=C(Nc3cccc(C(=O)Nc4ccc(C)cc4C)c3)C2=O)cc1. The molecule has 3 aromatic carbocycles. The van der Waals surface area contributed by atoms with Crippen LogP contribution in [0.4, 0.5) is 17.1 Å². The lowest BCUT2D eigenvalue weighted by Gasteiger charge is -2.15. The molecule has 0 aliphatic carbocycles. The van der Waals surface area contributed by atoms with E-state index in [1.807, 2.05) is 32.0 Å². The number of hydrogen-bond donors (Lipinski definition) is 2. The first kappa shape index (κ1) is 23.1. The van der Waals surface area contributed by atoms with Crippen LogP contribution in [0.2, 0.25) is 0 Å². The van der Waals surface area contributed by atoms with Gasteiger partial charge in [-0.25, -0.2) is 4.90 Å². The molecule has 0 atom stereocenters. The molecule has 0 radical (unpaired) electrons. The second kappa shape index (κ2) is 9.41. The zero-order chi connectivity index (χ0) is 24.4. The Kier molecular flexibility index (Phi) is 6.38. The van der Waals surface area contributed by atoms with Crippen molar-refractivity contribution in [3.05, 3.63) is 94.1 Å². The smallest absolute Gasteiger partial charge is 0.283 e. The van der Waals surface area contributed by atoms with Gasteiger partial charge >= 0.3 is 0 Å². The van der Waals surface area contributed by atoms with Gasteiger partial charge in [0, 0.05) is 16.9 Å². The minimum atomic E-state index is -0.636. The summed E-state index contributed by atoms with van der Waals surface area (Å²) in [7, 11) is 1.53. The van der Waals surface area contributed by atoms with Gasteiger partial charge in [0.2, 0.25) is 0 Å². The number of nitrogens with one attached hydrogen (secondary N) is 2. The molecule has 2 N–H and O–H groups in total. The average Bonchev–Trinajstić information content (AvgIpc) is 3.04. The fourth-order valence-corrected chi connectivity index (χ4v) is 3.82. The van der Waals surface area contributed by atoms with Gasteiger partial charge < -0.3 is 15.4 Å². The van der Waals surface area contributed by atoms with Crippen molar-refractivity contribution in [3.63, 3.8) is 0 Å². The third-order valence-electron chi connectivity index (χ3n) is 5.38. The van der Waals surface area contributed by atoms with E-state index in [2.05, 4.69) is 10.6 Å². The van der Waals surface area contributed by atoms with Crippen LogP contribution in [0, 0.1) is 13.8 Å². The largest absolute Gasteiger partial charge is 0.497 e. The molecule has 172 valence electrons. The second-order valence-corrected chi connectivity index (χ2v) is 8.19. The maximum absolute atomic E-state index is 13.0. The Balaban J connectivity index is 1.53. The maximum atomic E-state index is 13.0. The first-order valence-corrected chi connectivity index (χ1v) is 10.8. The van der Waals surface area contributed by atoms with Crippen LogP contribution in [0.5, 0.6) is 5.75 Å². The molecule has 0 saturated heterocycles. The Bertz CT molecular complexity index is 1330. The van der Waals surface area contributed by atoms with E-state index in [-0.39, 0.29) is 16.6 Å². The predicted octanol–water partition coefficient (Wildman–Crippen LogP) is 5.00. The Hall–Kier alpha value is -4.10. The fraction of sp³-hybridized carbons (Fsp3) is 0.115. The van der Waals surface area contributed by atoms with Crippen LogP contribution in [-0.2, 0) is 9.59 Å². The summed E-state index contributed by atoms with van der Waals surface area (Å²) in [4.78, 5) is 39.5. The standard InChI is InChI=1S/C26H22ClN3O4/c1-15-7-12-21(16(2)13-15)29-24(31)17-5-4-6-18(14-17)28-23-22(27)25(32)30(26(23)33)19-8-10-20(34-3)11-9-19/h4-14,28H,1-3H3,(H,29,31). The molecule has 0 aromatic heterocycles. The molecule has 1 aliphatic rings. The molecular weight excluding hydrogens is 454 g/mol. The van der Waals surface area contributed by atoms with E-state index in [0.717, 1.165) is 16.0 Å². The van der Waals surface area contributed by atoms with Crippen LogP contribution < -0.4 is 20.3 Å². The van der Waals surface area contributed by atoms with E-state index in [1.54, 1.807) is 48.5 Å². The van der Waals surface area contributed by atoms with Gasteiger partial charge in [-0.2, -0.15) is 0 Å². The first-order chi connectivity index (χ1) is 16.3. The Morgan fingerprint density at radius 3 is 2.35 bits per heavy atom. The van der Waals surface area contributed by atoms with Gasteiger partial charge in [-0.1, -0.05) is 35.4 Å². The fourth-order valence-electron chi connectivity index (χ4n) is 3.61. The molecule has 0 saturated carbocycles. The Morgan fingerprint density at radius 1 is 0.941 bits per heavy atom. The molecule has 34 heavy (non-hydrogen) atoms. The molecule has 4 rings (SSSR count). The van der Waals surface area contributed by atoms with Gasteiger partial charge in [0.25, 0.3) is 17.7 Å². The number of carbonyl (C=O) groups is 3. The number of anilines is 3. The summed E-state index contributed by atoms with van der Waals surface area (Å²) in [6, 6.07) is 18.8. The zero-order valence-electron chi connectivity index (χ0n) is 18.8. The average molecular weight is 476 g/mol. The third kappa shape index (κ3) is 4.51. The minimum Gasteiger partial charge on any atom is -0.497 e. The molecule has 3 amide bonds. The number of rotatable bonds is 6. The van der Waals surface area contributed by atoms with Gasteiger partial charge in [-0.05, 0) is 67.9 Å². The number of hydrogen-bond acceptors (Lipinski definition) is 5. The first-order valence-electron chi connectivity index (χ1n) is 10.5. The van der Waals surface area contributed by atoms with Crippen molar-refractivity contribution in [2.24, 2.45) is 0 Å². The highest BCUT2D eigenvalue weighted by Crippen LogP contribution is 2.31. The van der Waals surface area contributed by atoms with Crippen molar-refractivity contribution in [3.8, 4) is 5.75 Å². The molecule has 0 unspecified atom stereocenters. The summed E-state index contributed by atoms with van der Waals surface area (Å²) in [5.74, 6) is -0.936. The van der Waals surface area contributed by atoms with Crippen molar-refractivity contribution in [2.45, 2.75) is 13.8 Å². The highest BCUT2D eigenvalue weighted by atomic mass is 35.5. The van der Waals surface area contributed by atoms with E-state index in [9.17, 15) is 14.4 Å². The van der Waals surface area contributed by atoms with Crippen molar-refractivity contribution in [2.75, 3.05) is 22.6 Å². The second-order valence-electron chi connectivity index (χ2n) is 7.81. The van der Waals surface area contributed by atoms with Gasteiger partial charge in [-0.3, -0.25) is 14.4 Å². The minimum absolute atomic E-state index is 0.0607. The van der Waals surface area contributed by atoms with Crippen LogP contribution in [-0.4, -0.2) is 24.8 Å². The Labute approximate surface area is 202 Å². The number of benzene rings is 3. The lowest BCUT2D eigenvalue weighted by Crippen LogP contribution is -2.32. The van der Waals surface area contributed by atoms with Crippen LogP contribution in [0.3, 0.4) is 0 Å². The topological polar surface area (TPSA) is 87.7 Å². The van der Waals surface area contributed by atoms with Gasteiger partial charge in [0.15, 0.2) is 0 Å². The Morgan fingerprint density at radius 2 is 1.68 bits per heavy atom. The van der Waals surface area contributed by atoms with E-state index >= 15 is 0 Å². The molecule has 0 spiro atoms. The summed E-state index contributed by atoms with van der Waals surface area (Å²) in [5.41, 5.74) is 3.90. The van der Waals surface area contributed by atoms with E-state index in [0.29, 0.717) is 28.4 Å². The monoisotopic (exact) mass is 475 g/mol. The molecule has 3 aromatic rings. The summed E-state index contributed by atoms with van der Waals surface area (Å²) in [6.45, 7) is 3.91. The summed E-state index contributed by atoms with van der Waals surface area (Å²) < 4.78 is 5.12.